The van der Waals surface area contributed by atoms with E-state index in [1.807, 2.05) is 13.8 Å². The summed E-state index contributed by atoms with van der Waals surface area (Å²) < 4.78 is 2.18. The summed E-state index contributed by atoms with van der Waals surface area (Å²) >= 11 is 0. The lowest BCUT2D eigenvalue weighted by Gasteiger charge is -2.24. The van der Waals surface area contributed by atoms with Crippen molar-refractivity contribution in [3.05, 3.63) is 23.7 Å². The van der Waals surface area contributed by atoms with Gasteiger partial charge >= 0.3 is 0 Å². The van der Waals surface area contributed by atoms with E-state index < -0.39 is 0 Å². The van der Waals surface area contributed by atoms with Gasteiger partial charge in [0.25, 0.3) is 0 Å². The zero-order valence-electron chi connectivity index (χ0n) is 11.3. The molecule has 2 aliphatic rings. The Balaban J connectivity index is 0.000000478. The van der Waals surface area contributed by atoms with Gasteiger partial charge < -0.3 is 9.88 Å². The van der Waals surface area contributed by atoms with Gasteiger partial charge in [0.15, 0.2) is 5.65 Å². The van der Waals surface area contributed by atoms with Crippen LogP contribution in [-0.2, 0) is 20.0 Å². The van der Waals surface area contributed by atoms with Crippen molar-refractivity contribution in [2.45, 2.75) is 45.2 Å². The first-order valence-electron chi connectivity index (χ1n) is 6.81. The van der Waals surface area contributed by atoms with Crippen molar-refractivity contribution < 1.29 is 0 Å². The molecular formula is C14H20N4. The number of nitrogens with one attached hydrogen (secondary N) is 1. The first-order chi connectivity index (χ1) is 8.79. The van der Waals surface area contributed by atoms with Crippen molar-refractivity contribution in [1.29, 1.82) is 0 Å². The Morgan fingerprint density at radius 2 is 1.94 bits per heavy atom. The van der Waals surface area contributed by atoms with Gasteiger partial charge in [-0.3, -0.25) is 4.98 Å². The van der Waals surface area contributed by atoms with Crippen LogP contribution in [0.15, 0.2) is 12.4 Å². The zero-order chi connectivity index (χ0) is 12.8. The summed E-state index contributed by atoms with van der Waals surface area (Å²) in [5, 5.41) is 3.65. The fourth-order valence-electron chi connectivity index (χ4n) is 2.84. The molecule has 1 spiro atoms. The molecule has 4 heteroatoms. The van der Waals surface area contributed by atoms with Gasteiger partial charge in [-0.15, -0.1) is 0 Å². The molecule has 0 saturated heterocycles. The summed E-state index contributed by atoms with van der Waals surface area (Å²) in [5.74, 6) is 0. The molecule has 1 aliphatic carbocycles. The number of fused-ring (bicyclic) bond motifs is 3. The predicted octanol–water partition coefficient (Wildman–Crippen LogP) is 2.17. The van der Waals surface area contributed by atoms with Crippen LogP contribution in [-0.4, -0.2) is 20.1 Å². The highest BCUT2D eigenvalue weighted by Gasteiger charge is 2.46. The van der Waals surface area contributed by atoms with E-state index in [2.05, 4.69) is 26.9 Å². The minimum atomic E-state index is 0.402. The van der Waals surface area contributed by atoms with Crippen molar-refractivity contribution in [2.24, 2.45) is 7.05 Å². The average Bonchev–Trinajstić information content (AvgIpc) is 3.13. The number of aryl methyl sites for hydroxylation is 1. The molecule has 1 N–H and O–H groups in total. The monoisotopic (exact) mass is 244 g/mol. The lowest BCUT2D eigenvalue weighted by molar-refractivity contribution is 0.454. The minimum Gasteiger partial charge on any atom is -0.330 e. The maximum Gasteiger partial charge on any atom is 0.158 e. The molecule has 3 heterocycles. The summed E-state index contributed by atoms with van der Waals surface area (Å²) in [6.07, 6.45) is 7.31. The maximum absolute atomic E-state index is 4.50. The molecule has 0 aromatic carbocycles. The highest BCUT2D eigenvalue weighted by Crippen LogP contribution is 2.43. The Kier molecular flexibility index (Phi) is 2.63. The van der Waals surface area contributed by atoms with Crippen LogP contribution < -0.4 is 5.32 Å². The van der Waals surface area contributed by atoms with Gasteiger partial charge in [-0.25, -0.2) is 4.98 Å². The SMILES string of the molecule is CC.Cn1c2c(c3nccnc31)CC1(CC1)NC2. The molecule has 1 saturated carbocycles. The van der Waals surface area contributed by atoms with Crippen LogP contribution >= 0.6 is 0 Å². The molecule has 0 radical (unpaired) electrons. The molecule has 4 nitrogen and oxygen atoms in total. The number of aromatic nitrogens is 3. The molecule has 1 aliphatic heterocycles. The standard InChI is InChI=1S/C12H14N4.C2H6/c1-16-9-7-15-12(2-3-12)6-8(9)10-11(16)14-5-4-13-10;1-2/h4-5,15H,2-3,6-7H2,1H3;1-2H3. The van der Waals surface area contributed by atoms with E-state index in [1.54, 1.807) is 12.4 Å². The Hall–Kier alpha value is -1.42. The second kappa shape index (κ2) is 4.05. The van der Waals surface area contributed by atoms with Crippen molar-refractivity contribution in [3.8, 4) is 0 Å². The van der Waals surface area contributed by atoms with Gasteiger partial charge in [-0.2, -0.15) is 0 Å². The molecule has 2 aromatic rings. The maximum atomic E-state index is 4.50. The van der Waals surface area contributed by atoms with E-state index in [9.17, 15) is 0 Å². The van der Waals surface area contributed by atoms with Gasteiger partial charge in [-0.05, 0) is 19.3 Å². The Bertz CT molecular complexity index is 581. The lowest BCUT2D eigenvalue weighted by Crippen LogP contribution is -2.38. The van der Waals surface area contributed by atoms with Crippen LogP contribution in [0.4, 0.5) is 0 Å². The molecular weight excluding hydrogens is 224 g/mol. The number of hydrogen-bond donors (Lipinski definition) is 1. The summed E-state index contributed by atoms with van der Waals surface area (Å²) in [7, 11) is 2.09. The van der Waals surface area contributed by atoms with Crippen molar-refractivity contribution >= 4 is 11.2 Å². The highest BCUT2D eigenvalue weighted by molar-refractivity contribution is 5.78. The quantitative estimate of drug-likeness (QED) is 0.772. The molecule has 2 aromatic heterocycles. The molecule has 0 bridgehead atoms. The fraction of sp³-hybridized carbons (Fsp3) is 0.571. The van der Waals surface area contributed by atoms with Gasteiger partial charge in [0, 0.05) is 42.8 Å². The Morgan fingerprint density at radius 1 is 1.22 bits per heavy atom. The third-order valence-corrected chi connectivity index (χ3v) is 4.04. The molecule has 4 rings (SSSR count). The van der Waals surface area contributed by atoms with Crippen LogP contribution in [0.2, 0.25) is 0 Å². The number of nitrogens with zero attached hydrogens (tertiary/aromatic N) is 3. The minimum absolute atomic E-state index is 0.402. The first-order valence-corrected chi connectivity index (χ1v) is 6.81. The number of hydrogen-bond acceptors (Lipinski definition) is 3. The smallest absolute Gasteiger partial charge is 0.158 e. The summed E-state index contributed by atoms with van der Waals surface area (Å²) in [5.41, 5.74) is 5.30. The molecule has 0 atom stereocenters. The predicted molar refractivity (Wildman–Crippen MR) is 72.4 cm³/mol. The van der Waals surface area contributed by atoms with E-state index in [4.69, 9.17) is 0 Å². The van der Waals surface area contributed by atoms with Crippen LogP contribution in [0.1, 0.15) is 37.9 Å². The van der Waals surface area contributed by atoms with Gasteiger partial charge in [-0.1, -0.05) is 13.8 Å². The van der Waals surface area contributed by atoms with Crippen molar-refractivity contribution in [2.75, 3.05) is 0 Å². The molecule has 1 fully saturated rings. The molecule has 0 unspecified atom stereocenters. The Labute approximate surface area is 107 Å². The fourth-order valence-corrected chi connectivity index (χ4v) is 2.84. The van der Waals surface area contributed by atoms with Crippen molar-refractivity contribution in [3.63, 3.8) is 0 Å². The highest BCUT2D eigenvalue weighted by atomic mass is 15.1. The number of rotatable bonds is 0. The van der Waals surface area contributed by atoms with E-state index >= 15 is 0 Å². The molecule has 18 heavy (non-hydrogen) atoms. The normalized spacial score (nSPS) is 19.3. The molecule has 96 valence electrons. The topological polar surface area (TPSA) is 42.7 Å². The van der Waals surface area contributed by atoms with Crippen molar-refractivity contribution in [1.82, 2.24) is 19.9 Å². The third-order valence-electron chi connectivity index (χ3n) is 4.04. The average molecular weight is 244 g/mol. The third kappa shape index (κ3) is 1.56. The second-order valence-electron chi connectivity index (χ2n) is 5.02. The van der Waals surface area contributed by atoms with Gasteiger partial charge in [0.1, 0.15) is 5.52 Å². The summed E-state index contributed by atoms with van der Waals surface area (Å²) in [6.45, 7) is 4.96. The Morgan fingerprint density at radius 3 is 2.67 bits per heavy atom. The van der Waals surface area contributed by atoms with Crippen LogP contribution in [0.3, 0.4) is 0 Å². The molecule has 0 amide bonds. The van der Waals surface area contributed by atoms with E-state index in [0.717, 1.165) is 24.1 Å². The van der Waals surface area contributed by atoms with Gasteiger partial charge in [0.05, 0.1) is 0 Å². The van der Waals surface area contributed by atoms with E-state index in [-0.39, 0.29) is 0 Å². The zero-order valence-corrected chi connectivity index (χ0v) is 11.3. The largest absolute Gasteiger partial charge is 0.330 e. The summed E-state index contributed by atoms with van der Waals surface area (Å²) in [4.78, 5) is 8.92. The van der Waals surface area contributed by atoms with Crippen LogP contribution in [0.5, 0.6) is 0 Å². The van der Waals surface area contributed by atoms with Gasteiger partial charge in [0.2, 0.25) is 0 Å². The van der Waals surface area contributed by atoms with E-state index in [0.29, 0.717) is 5.54 Å². The van der Waals surface area contributed by atoms with Crippen LogP contribution in [0, 0.1) is 0 Å². The van der Waals surface area contributed by atoms with Crippen LogP contribution in [0.25, 0.3) is 11.2 Å². The first kappa shape index (κ1) is 11.7. The van der Waals surface area contributed by atoms with E-state index in [1.165, 1.54) is 24.1 Å². The lowest BCUT2D eigenvalue weighted by atomic mass is 9.99. The summed E-state index contributed by atoms with van der Waals surface area (Å²) in [6, 6.07) is 0. The second-order valence-corrected chi connectivity index (χ2v) is 5.02.